The summed E-state index contributed by atoms with van der Waals surface area (Å²) >= 11 is 0. The smallest absolute Gasteiger partial charge is 0.237 e. The Morgan fingerprint density at radius 1 is 0.955 bits per heavy atom. The van der Waals surface area contributed by atoms with Gasteiger partial charge in [-0.2, -0.15) is 0 Å². The van der Waals surface area contributed by atoms with Crippen LogP contribution >= 0.6 is 0 Å². The van der Waals surface area contributed by atoms with Crippen LogP contribution in [0.15, 0.2) is 60.7 Å². The molecule has 1 amide bonds. The van der Waals surface area contributed by atoms with Crippen LogP contribution in [0.25, 0.3) is 0 Å². The van der Waals surface area contributed by atoms with E-state index in [1.807, 2.05) is 36.4 Å². The van der Waals surface area contributed by atoms with Gasteiger partial charge in [0.15, 0.2) is 0 Å². The van der Waals surface area contributed by atoms with E-state index in [-0.39, 0.29) is 18.0 Å². The maximum Gasteiger partial charge on any atom is 0.237 e. The SMILES string of the molecule is O=C(NC(c1ccccc1)c1ccccc1)C1CCCCN1. The molecule has 0 saturated carbocycles. The maximum absolute atomic E-state index is 12.6. The molecule has 1 heterocycles. The Morgan fingerprint density at radius 3 is 2.05 bits per heavy atom. The summed E-state index contributed by atoms with van der Waals surface area (Å²) in [7, 11) is 0. The van der Waals surface area contributed by atoms with Crippen molar-refractivity contribution >= 4 is 5.91 Å². The summed E-state index contributed by atoms with van der Waals surface area (Å²) in [6.07, 6.45) is 3.19. The number of hydrogen-bond donors (Lipinski definition) is 2. The van der Waals surface area contributed by atoms with E-state index >= 15 is 0 Å². The minimum Gasteiger partial charge on any atom is -0.344 e. The first-order valence-corrected chi connectivity index (χ1v) is 7.98. The predicted octanol–water partition coefficient (Wildman–Crippen LogP) is 3.03. The number of amides is 1. The van der Waals surface area contributed by atoms with Crippen LogP contribution in [-0.4, -0.2) is 18.5 Å². The van der Waals surface area contributed by atoms with Crippen LogP contribution in [0.4, 0.5) is 0 Å². The van der Waals surface area contributed by atoms with Gasteiger partial charge >= 0.3 is 0 Å². The fourth-order valence-electron chi connectivity index (χ4n) is 2.97. The van der Waals surface area contributed by atoms with Gasteiger partial charge in [0.2, 0.25) is 5.91 Å². The molecule has 0 aromatic heterocycles. The lowest BCUT2D eigenvalue weighted by Gasteiger charge is -2.26. The lowest BCUT2D eigenvalue weighted by Crippen LogP contribution is -2.47. The maximum atomic E-state index is 12.6. The van der Waals surface area contributed by atoms with Crippen molar-refractivity contribution in [3.05, 3.63) is 71.8 Å². The summed E-state index contributed by atoms with van der Waals surface area (Å²) in [4.78, 5) is 12.6. The number of hydrogen-bond acceptors (Lipinski definition) is 2. The van der Waals surface area contributed by atoms with Gasteiger partial charge in [-0.05, 0) is 30.5 Å². The highest BCUT2D eigenvalue weighted by molar-refractivity contribution is 5.82. The summed E-state index contributed by atoms with van der Waals surface area (Å²) in [5.41, 5.74) is 2.22. The van der Waals surface area contributed by atoms with Crippen molar-refractivity contribution in [1.82, 2.24) is 10.6 Å². The van der Waals surface area contributed by atoms with E-state index in [0.29, 0.717) is 0 Å². The topological polar surface area (TPSA) is 41.1 Å². The molecule has 0 bridgehead atoms. The van der Waals surface area contributed by atoms with Crippen LogP contribution in [0.1, 0.15) is 36.4 Å². The zero-order valence-electron chi connectivity index (χ0n) is 12.7. The lowest BCUT2D eigenvalue weighted by atomic mass is 9.97. The molecule has 3 heteroatoms. The molecule has 1 aliphatic heterocycles. The summed E-state index contributed by atoms with van der Waals surface area (Å²) in [6.45, 7) is 0.930. The third kappa shape index (κ3) is 3.55. The minimum atomic E-state index is -0.0985. The number of rotatable bonds is 4. The van der Waals surface area contributed by atoms with E-state index in [1.54, 1.807) is 0 Å². The van der Waals surface area contributed by atoms with E-state index < -0.39 is 0 Å². The van der Waals surface area contributed by atoms with E-state index in [2.05, 4.69) is 34.9 Å². The number of carbonyl (C=O) groups is 1. The molecule has 3 rings (SSSR count). The number of benzene rings is 2. The fourth-order valence-corrected chi connectivity index (χ4v) is 2.97. The second kappa shape index (κ2) is 7.23. The van der Waals surface area contributed by atoms with Crippen molar-refractivity contribution in [2.24, 2.45) is 0 Å². The van der Waals surface area contributed by atoms with E-state index in [0.717, 1.165) is 36.9 Å². The lowest BCUT2D eigenvalue weighted by molar-refractivity contribution is -0.124. The Kier molecular flexibility index (Phi) is 4.86. The molecule has 2 aromatic rings. The molecule has 22 heavy (non-hydrogen) atoms. The van der Waals surface area contributed by atoms with Crippen molar-refractivity contribution in [2.75, 3.05) is 6.54 Å². The molecule has 1 unspecified atom stereocenters. The average molecular weight is 294 g/mol. The molecule has 1 aliphatic rings. The molecule has 2 aromatic carbocycles. The minimum absolute atomic E-state index is 0.0660. The van der Waals surface area contributed by atoms with Crippen molar-refractivity contribution in [2.45, 2.75) is 31.3 Å². The van der Waals surface area contributed by atoms with Gasteiger partial charge < -0.3 is 10.6 Å². The van der Waals surface area contributed by atoms with Crippen LogP contribution in [0.2, 0.25) is 0 Å². The Labute approximate surface area is 131 Å². The van der Waals surface area contributed by atoms with Crippen molar-refractivity contribution in [1.29, 1.82) is 0 Å². The third-order valence-electron chi connectivity index (χ3n) is 4.18. The van der Waals surface area contributed by atoms with Crippen LogP contribution in [0.3, 0.4) is 0 Å². The summed E-state index contributed by atoms with van der Waals surface area (Å²) in [5.74, 6) is 0.0948. The first-order valence-electron chi connectivity index (χ1n) is 7.98. The van der Waals surface area contributed by atoms with E-state index in [4.69, 9.17) is 0 Å². The fraction of sp³-hybridized carbons (Fsp3) is 0.316. The summed E-state index contributed by atoms with van der Waals surface area (Å²) in [6, 6.07) is 20.1. The van der Waals surface area contributed by atoms with Crippen LogP contribution in [0, 0.1) is 0 Å². The van der Waals surface area contributed by atoms with Gasteiger partial charge in [0.05, 0.1) is 12.1 Å². The zero-order chi connectivity index (χ0) is 15.2. The molecule has 2 N–H and O–H groups in total. The molecule has 1 atom stereocenters. The van der Waals surface area contributed by atoms with Crippen LogP contribution < -0.4 is 10.6 Å². The predicted molar refractivity (Wildman–Crippen MR) is 88.5 cm³/mol. The number of piperidine rings is 1. The zero-order valence-corrected chi connectivity index (χ0v) is 12.7. The quantitative estimate of drug-likeness (QED) is 0.910. The Balaban J connectivity index is 1.81. The van der Waals surface area contributed by atoms with Gasteiger partial charge in [-0.15, -0.1) is 0 Å². The molecular formula is C19H22N2O. The average Bonchev–Trinajstić information content (AvgIpc) is 2.62. The third-order valence-corrected chi connectivity index (χ3v) is 4.18. The largest absolute Gasteiger partial charge is 0.344 e. The molecule has 0 radical (unpaired) electrons. The van der Waals surface area contributed by atoms with Crippen molar-refractivity contribution in [3.8, 4) is 0 Å². The standard InChI is InChI=1S/C19H22N2O/c22-19(17-13-7-8-14-20-17)21-18(15-9-3-1-4-10-15)16-11-5-2-6-12-16/h1-6,9-12,17-18,20H,7-8,13-14H2,(H,21,22). The molecular weight excluding hydrogens is 272 g/mol. The van der Waals surface area contributed by atoms with Gasteiger partial charge in [0.25, 0.3) is 0 Å². The summed E-state index contributed by atoms with van der Waals surface area (Å²) in [5, 5.41) is 6.53. The number of carbonyl (C=O) groups excluding carboxylic acids is 1. The van der Waals surface area contributed by atoms with Gasteiger partial charge in [-0.3, -0.25) is 4.79 Å². The monoisotopic (exact) mass is 294 g/mol. The van der Waals surface area contributed by atoms with Crippen molar-refractivity contribution in [3.63, 3.8) is 0 Å². The number of nitrogens with one attached hydrogen (secondary N) is 2. The van der Waals surface area contributed by atoms with E-state index in [1.165, 1.54) is 0 Å². The molecule has 0 aliphatic carbocycles. The Hall–Kier alpha value is -2.13. The van der Waals surface area contributed by atoms with Crippen LogP contribution in [0.5, 0.6) is 0 Å². The summed E-state index contributed by atoms with van der Waals surface area (Å²) < 4.78 is 0. The Morgan fingerprint density at radius 2 is 1.55 bits per heavy atom. The molecule has 114 valence electrons. The highest BCUT2D eigenvalue weighted by Crippen LogP contribution is 2.22. The van der Waals surface area contributed by atoms with Crippen molar-refractivity contribution < 1.29 is 4.79 Å². The van der Waals surface area contributed by atoms with Gasteiger partial charge in [0, 0.05) is 0 Å². The van der Waals surface area contributed by atoms with Gasteiger partial charge in [-0.25, -0.2) is 0 Å². The van der Waals surface area contributed by atoms with E-state index in [9.17, 15) is 4.79 Å². The highest BCUT2D eigenvalue weighted by atomic mass is 16.2. The molecule has 1 saturated heterocycles. The molecule has 0 spiro atoms. The second-order valence-electron chi connectivity index (χ2n) is 5.77. The van der Waals surface area contributed by atoms with Gasteiger partial charge in [-0.1, -0.05) is 67.1 Å². The first-order chi connectivity index (χ1) is 10.8. The Bertz CT molecular complexity index is 552. The molecule has 3 nitrogen and oxygen atoms in total. The second-order valence-corrected chi connectivity index (χ2v) is 5.77. The first kappa shape index (κ1) is 14.8. The molecule has 1 fully saturated rings. The normalized spacial score (nSPS) is 18.1. The van der Waals surface area contributed by atoms with Gasteiger partial charge in [0.1, 0.15) is 0 Å². The van der Waals surface area contributed by atoms with Crippen LogP contribution in [-0.2, 0) is 4.79 Å². The highest BCUT2D eigenvalue weighted by Gasteiger charge is 2.24.